The molecule has 2 aromatic rings. The second-order valence-corrected chi connectivity index (χ2v) is 6.89. The van der Waals surface area contributed by atoms with Crippen LogP contribution in [-0.2, 0) is 16.0 Å². The topological polar surface area (TPSA) is 95.4 Å². The van der Waals surface area contributed by atoms with E-state index in [1.54, 1.807) is 12.1 Å². The molecule has 1 fully saturated rings. The summed E-state index contributed by atoms with van der Waals surface area (Å²) in [6.45, 7) is 2.47. The summed E-state index contributed by atoms with van der Waals surface area (Å²) in [6, 6.07) is 9.02. The fourth-order valence-electron chi connectivity index (χ4n) is 2.64. The van der Waals surface area contributed by atoms with Crippen molar-refractivity contribution in [3.05, 3.63) is 40.3 Å². The van der Waals surface area contributed by atoms with Crippen molar-refractivity contribution in [1.82, 2.24) is 15.5 Å². The molecule has 7 nitrogen and oxygen atoms in total. The number of rotatable bonds is 5. The van der Waals surface area contributed by atoms with Gasteiger partial charge in [0.05, 0.1) is 0 Å². The van der Waals surface area contributed by atoms with Gasteiger partial charge >= 0.3 is 0 Å². The van der Waals surface area contributed by atoms with Gasteiger partial charge in [-0.05, 0) is 19.1 Å². The number of anilines is 1. The normalized spacial score (nSPS) is 20.4. The van der Waals surface area contributed by atoms with Gasteiger partial charge in [-0.15, -0.1) is 21.5 Å². The Labute approximate surface area is 143 Å². The Balaban J connectivity index is 1.61. The number of nitrogens with zero attached hydrogens (tertiary/aromatic N) is 3. The lowest BCUT2D eigenvalue weighted by molar-refractivity contribution is -0.149. The minimum Gasteiger partial charge on any atom is -0.372 e. The number of hydrogen-bond donors (Lipinski definition) is 2. The molecule has 1 atom stereocenters. The summed E-state index contributed by atoms with van der Waals surface area (Å²) in [4.78, 5) is 26.2. The number of aliphatic hydroxyl groups is 1. The average molecular weight is 346 g/mol. The third-order valence-electron chi connectivity index (χ3n) is 3.93. The summed E-state index contributed by atoms with van der Waals surface area (Å²) in [5, 5.41) is 22.7. The molecule has 0 bridgehead atoms. The van der Waals surface area contributed by atoms with E-state index < -0.39 is 17.4 Å². The lowest BCUT2D eigenvalue weighted by Crippen LogP contribution is -2.52. The SMILES string of the molecule is Cc1nnc(CCNC(=O)[C@@]2(O)CCN(c3ccccc3)C2=O)s1. The van der Waals surface area contributed by atoms with Gasteiger partial charge in [-0.2, -0.15) is 0 Å². The molecule has 1 saturated heterocycles. The number of hydrogen-bond acceptors (Lipinski definition) is 6. The molecule has 24 heavy (non-hydrogen) atoms. The predicted octanol–water partition coefficient (Wildman–Crippen LogP) is 0.673. The van der Waals surface area contributed by atoms with Gasteiger partial charge in [-0.25, -0.2) is 0 Å². The molecule has 1 aliphatic rings. The summed E-state index contributed by atoms with van der Waals surface area (Å²) in [6.07, 6.45) is 0.592. The van der Waals surface area contributed by atoms with Crippen molar-refractivity contribution in [2.24, 2.45) is 0 Å². The van der Waals surface area contributed by atoms with Crippen molar-refractivity contribution in [2.45, 2.75) is 25.4 Å². The molecule has 1 aromatic carbocycles. The molecular formula is C16H18N4O3S. The Hall–Kier alpha value is -2.32. The number of aryl methyl sites for hydroxylation is 1. The first-order valence-electron chi connectivity index (χ1n) is 7.67. The molecule has 0 aliphatic carbocycles. The zero-order chi connectivity index (χ0) is 17.2. The summed E-state index contributed by atoms with van der Waals surface area (Å²) >= 11 is 1.46. The maximum absolute atomic E-state index is 12.5. The number of aromatic nitrogens is 2. The number of benzene rings is 1. The van der Waals surface area contributed by atoms with Crippen molar-refractivity contribution in [3.63, 3.8) is 0 Å². The monoisotopic (exact) mass is 346 g/mol. The molecular weight excluding hydrogens is 328 g/mol. The zero-order valence-corrected chi connectivity index (χ0v) is 14.0. The van der Waals surface area contributed by atoms with Gasteiger partial charge in [0.25, 0.3) is 11.8 Å². The minimum absolute atomic E-state index is 0.0739. The Morgan fingerprint density at radius 1 is 1.38 bits per heavy atom. The number of para-hydroxylation sites is 1. The van der Waals surface area contributed by atoms with Crippen LogP contribution in [-0.4, -0.2) is 45.8 Å². The highest BCUT2D eigenvalue weighted by Crippen LogP contribution is 2.28. The lowest BCUT2D eigenvalue weighted by Gasteiger charge is -2.21. The first-order valence-corrected chi connectivity index (χ1v) is 8.49. The van der Waals surface area contributed by atoms with E-state index in [9.17, 15) is 14.7 Å². The predicted molar refractivity (Wildman–Crippen MR) is 89.7 cm³/mol. The third kappa shape index (κ3) is 3.15. The van der Waals surface area contributed by atoms with Crippen LogP contribution in [0.2, 0.25) is 0 Å². The Morgan fingerprint density at radius 3 is 2.79 bits per heavy atom. The highest BCUT2D eigenvalue weighted by molar-refractivity contribution is 7.11. The number of amides is 2. The molecule has 0 saturated carbocycles. The van der Waals surface area contributed by atoms with Crippen LogP contribution in [0.1, 0.15) is 16.4 Å². The van der Waals surface area contributed by atoms with Crippen LogP contribution >= 0.6 is 11.3 Å². The smallest absolute Gasteiger partial charge is 0.268 e. The molecule has 8 heteroatoms. The Morgan fingerprint density at radius 2 is 2.12 bits per heavy atom. The first-order chi connectivity index (χ1) is 11.5. The van der Waals surface area contributed by atoms with Crippen LogP contribution in [0.25, 0.3) is 0 Å². The summed E-state index contributed by atoms with van der Waals surface area (Å²) in [7, 11) is 0. The zero-order valence-electron chi connectivity index (χ0n) is 13.2. The van der Waals surface area contributed by atoms with Gasteiger partial charge < -0.3 is 15.3 Å². The molecule has 126 valence electrons. The standard InChI is InChI=1S/C16H18N4O3S/c1-11-18-19-13(24-11)7-9-17-14(21)16(23)8-10-20(15(16)22)12-5-3-2-4-6-12/h2-6,23H,7-10H2,1H3,(H,17,21)/t16-/m0/s1. The average Bonchev–Trinajstić information content (AvgIpc) is 3.13. The molecule has 1 aromatic heterocycles. The van der Waals surface area contributed by atoms with Gasteiger partial charge in [-0.3, -0.25) is 9.59 Å². The molecule has 2 N–H and O–H groups in total. The van der Waals surface area contributed by atoms with Crippen LogP contribution in [0.15, 0.2) is 30.3 Å². The van der Waals surface area contributed by atoms with Gasteiger partial charge in [0.15, 0.2) is 0 Å². The van der Waals surface area contributed by atoms with Crippen molar-refractivity contribution < 1.29 is 14.7 Å². The van der Waals surface area contributed by atoms with Crippen molar-refractivity contribution in [2.75, 3.05) is 18.0 Å². The summed E-state index contributed by atoms with van der Waals surface area (Å²) in [5.74, 6) is -1.25. The summed E-state index contributed by atoms with van der Waals surface area (Å²) in [5.41, 5.74) is -1.33. The number of nitrogens with one attached hydrogen (secondary N) is 1. The van der Waals surface area contributed by atoms with E-state index in [2.05, 4.69) is 15.5 Å². The van der Waals surface area contributed by atoms with Crippen LogP contribution < -0.4 is 10.2 Å². The van der Waals surface area contributed by atoms with E-state index in [1.807, 2.05) is 25.1 Å². The van der Waals surface area contributed by atoms with Crippen LogP contribution in [0.4, 0.5) is 5.69 Å². The lowest BCUT2D eigenvalue weighted by atomic mass is 10.0. The Bertz CT molecular complexity index is 749. The van der Waals surface area contributed by atoms with Gasteiger partial charge in [0, 0.05) is 31.6 Å². The van der Waals surface area contributed by atoms with Crippen molar-refractivity contribution in [3.8, 4) is 0 Å². The molecule has 1 aliphatic heterocycles. The quantitative estimate of drug-likeness (QED) is 0.776. The van der Waals surface area contributed by atoms with E-state index in [-0.39, 0.29) is 6.42 Å². The molecule has 2 amide bonds. The second-order valence-electron chi connectivity index (χ2n) is 5.62. The van der Waals surface area contributed by atoms with Gasteiger partial charge in [0.2, 0.25) is 5.60 Å². The fourth-order valence-corrected chi connectivity index (χ4v) is 3.35. The third-order valence-corrected chi connectivity index (χ3v) is 4.83. The molecule has 0 unspecified atom stereocenters. The summed E-state index contributed by atoms with van der Waals surface area (Å²) < 4.78 is 0. The first kappa shape index (κ1) is 16.5. The van der Waals surface area contributed by atoms with E-state index in [0.717, 1.165) is 10.0 Å². The van der Waals surface area contributed by atoms with Crippen LogP contribution in [0.5, 0.6) is 0 Å². The van der Waals surface area contributed by atoms with Crippen LogP contribution in [0, 0.1) is 6.92 Å². The molecule has 0 spiro atoms. The van der Waals surface area contributed by atoms with Crippen molar-refractivity contribution >= 4 is 28.8 Å². The maximum Gasteiger partial charge on any atom is 0.268 e. The highest BCUT2D eigenvalue weighted by atomic mass is 32.1. The largest absolute Gasteiger partial charge is 0.372 e. The van der Waals surface area contributed by atoms with E-state index in [1.165, 1.54) is 16.2 Å². The van der Waals surface area contributed by atoms with E-state index in [4.69, 9.17) is 0 Å². The maximum atomic E-state index is 12.5. The van der Waals surface area contributed by atoms with Crippen molar-refractivity contribution in [1.29, 1.82) is 0 Å². The van der Waals surface area contributed by atoms with E-state index in [0.29, 0.717) is 25.2 Å². The van der Waals surface area contributed by atoms with E-state index >= 15 is 0 Å². The molecule has 3 rings (SSSR count). The minimum atomic E-state index is -2.01. The van der Waals surface area contributed by atoms with Crippen LogP contribution in [0.3, 0.4) is 0 Å². The highest BCUT2D eigenvalue weighted by Gasteiger charge is 2.51. The van der Waals surface area contributed by atoms with Gasteiger partial charge in [0.1, 0.15) is 10.0 Å². The fraction of sp³-hybridized carbons (Fsp3) is 0.375. The van der Waals surface area contributed by atoms with Gasteiger partial charge in [-0.1, -0.05) is 18.2 Å². The molecule has 2 heterocycles. The number of carbonyl (C=O) groups excluding carboxylic acids is 2. The second kappa shape index (κ2) is 6.66. The number of carbonyl (C=O) groups is 2. The Kier molecular flexibility index (Phi) is 4.59. The molecule has 0 radical (unpaired) electrons.